The average molecular weight is 457 g/mol. The van der Waals surface area contributed by atoms with Crippen molar-refractivity contribution in [2.24, 2.45) is 0 Å². The van der Waals surface area contributed by atoms with Crippen LogP contribution in [0.5, 0.6) is 11.5 Å². The second kappa shape index (κ2) is 8.84. The summed E-state index contributed by atoms with van der Waals surface area (Å²) < 4.78 is 6.18. The first kappa shape index (κ1) is 21.6. The fraction of sp³-hybridized carbons (Fsp3) is 0.292. The van der Waals surface area contributed by atoms with Gasteiger partial charge in [0.05, 0.1) is 16.1 Å². The molecule has 160 valence electrons. The predicted octanol–water partition coefficient (Wildman–Crippen LogP) is 4.33. The molecule has 1 N–H and O–H groups in total. The van der Waals surface area contributed by atoms with Crippen LogP contribution >= 0.6 is 23.2 Å². The number of halogens is 2. The van der Waals surface area contributed by atoms with Crippen molar-refractivity contribution in [3.05, 3.63) is 58.1 Å². The molecule has 0 aliphatic carbocycles. The van der Waals surface area contributed by atoms with Crippen LogP contribution in [0.15, 0.2) is 36.9 Å². The quantitative estimate of drug-likeness (QED) is 0.539. The number of amides is 1. The van der Waals surface area contributed by atoms with Crippen LogP contribution in [0, 0.1) is 11.8 Å². The van der Waals surface area contributed by atoms with Crippen LogP contribution in [-0.4, -0.2) is 53.1 Å². The van der Waals surface area contributed by atoms with E-state index in [9.17, 15) is 9.90 Å². The number of nitrogens with zero attached hydrogens (tertiary/aromatic N) is 2. The summed E-state index contributed by atoms with van der Waals surface area (Å²) in [6.07, 6.45) is 1.34. The highest BCUT2D eigenvalue weighted by Crippen LogP contribution is 2.47. The Morgan fingerprint density at radius 1 is 1.32 bits per heavy atom. The summed E-state index contributed by atoms with van der Waals surface area (Å²) >= 11 is 13.3. The van der Waals surface area contributed by atoms with Crippen molar-refractivity contribution in [3.63, 3.8) is 0 Å². The van der Waals surface area contributed by atoms with E-state index in [1.807, 2.05) is 6.07 Å². The van der Waals surface area contributed by atoms with Gasteiger partial charge in [0.1, 0.15) is 18.1 Å². The number of aromatic hydroxyl groups is 1. The second-order valence-corrected chi connectivity index (χ2v) is 8.32. The fourth-order valence-electron chi connectivity index (χ4n) is 4.18. The monoisotopic (exact) mass is 456 g/mol. The Labute approximate surface area is 191 Å². The Balaban J connectivity index is 1.78. The first-order valence-corrected chi connectivity index (χ1v) is 10.7. The molecule has 4 rings (SSSR count). The SMILES string of the molecule is C=CC(=O)N1CCN2Cc3cc(C#CC)c(-c4c(O)cccc4Cl)c(Cl)c3OC[C@H]2C1. The molecule has 7 heteroatoms. The standard InChI is InChI=1S/C24H22Cl2N2O3/c1-3-6-15-11-16-12-27-9-10-28(20(30)4-2)13-17(27)14-31-24(16)23(26)21(15)22-18(25)7-5-8-19(22)29/h4-5,7-8,11,17,29H,2,9-10,12-14H2,1H3/t17-/m1/s1. The molecule has 1 amide bonds. The number of hydrogen-bond acceptors (Lipinski definition) is 4. The van der Waals surface area contributed by atoms with Crippen molar-refractivity contribution in [1.29, 1.82) is 0 Å². The van der Waals surface area contributed by atoms with Crippen LogP contribution in [0.3, 0.4) is 0 Å². The molecule has 1 fully saturated rings. The summed E-state index contributed by atoms with van der Waals surface area (Å²) in [5.74, 6) is 6.54. The van der Waals surface area contributed by atoms with Gasteiger partial charge in [-0.1, -0.05) is 41.8 Å². The number of benzene rings is 2. The number of phenolic OH excluding ortho intramolecular Hbond substituents is 1. The molecule has 0 saturated carbocycles. The lowest BCUT2D eigenvalue weighted by atomic mass is 9.95. The number of carbonyl (C=O) groups excluding carboxylic acids is 1. The molecule has 2 aromatic carbocycles. The van der Waals surface area contributed by atoms with Crippen LogP contribution in [0.25, 0.3) is 11.1 Å². The van der Waals surface area contributed by atoms with Gasteiger partial charge in [-0.05, 0) is 31.2 Å². The van der Waals surface area contributed by atoms with Gasteiger partial charge < -0.3 is 14.7 Å². The lowest BCUT2D eigenvalue weighted by Crippen LogP contribution is -2.55. The molecule has 2 aliphatic heterocycles. The van der Waals surface area contributed by atoms with Gasteiger partial charge in [-0.15, -0.1) is 5.92 Å². The molecule has 0 aromatic heterocycles. The van der Waals surface area contributed by atoms with E-state index in [-0.39, 0.29) is 17.7 Å². The van der Waals surface area contributed by atoms with Gasteiger partial charge in [0, 0.05) is 48.4 Å². The van der Waals surface area contributed by atoms with Crippen molar-refractivity contribution in [2.45, 2.75) is 19.5 Å². The van der Waals surface area contributed by atoms with Crippen LogP contribution in [0.4, 0.5) is 0 Å². The fourth-order valence-corrected chi connectivity index (χ4v) is 4.82. The van der Waals surface area contributed by atoms with Gasteiger partial charge in [-0.3, -0.25) is 9.69 Å². The van der Waals surface area contributed by atoms with E-state index in [1.165, 1.54) is 6.08 Å². The summed E-state index contributed by atoms with van der Waals surface area (Å²) in [6, 6.07) is 6.94. The van der Waals surface area contributed by atoms with Gasteiger partial charge in [0.15, 0.2) is 0 Å². The minimum Gasteiger partial charge on any atom is -0.507 e. The number of fused-ring (bicyclic) bond motifs is 2. The van der Waals surface area contributed by atoms with Crippen molar-refractivity contribution >= 4 is 29.1 Å². The number of ether oxygens (including phenoxy) is 1. The van der Waals surface area contributed by atoms with Crippen molar-refractivity contribution in [3.8, 4) is 34.5 Å². The average Bonchev–Trinajstić information content (AvgIpc) is 2.94. The lowest BCUT2D eigenvalue weighted by Gasteiger charge is -2.39. The van der Waals surface area contributed by atoms with Gasteiger partial charge in [-0.2, -0.15) is 0 Å². The number of hydrogen-bond donors (Lipinski definition) is 1. The number of rotatable bonds is 2. The maximum absolute atomic E-state index is 12.1. The number of carbonyl (C=O) groups is 1. The van der Waals surface area contributed by atoms with Gasteiger partial charge in [0.2, 0.25) is 5.91 Å². The van der Waals surface area contributed by atoms with Gasteiger partial charge in [0.25, 0.3) is 0 Å². The Hall–Kier alpha value is -2.65. The summed E-state index contributed by atoms with van der Waals surface area (Å²) in [7, 11) is 0. The summed E-state index contributed by atoms with van der Waals surface area (Å²) in [5.41, 5.74) is 2.59. The van der Waals surface area contributed by atoms with Crippen LogP contribution < -0.4 is 4.74 Å². The van der Waals surface area contributed by atoms with Crippen molar-refractivity contribution in [1.82, 2.24) is 9.80 Å². The molecule has 2 aromatic rings. The molecule has 0 spiro atoms. The highest BCUT2D eigenvalue weighted by atomic mass is 35.5. The highest BCUT2D eigenvalue weighted by molar-refractivity contribution is 6.38. The zero-order chi connectivity index (χ0) is 22.1. The topological polar surface area (TPSA) is 53.0 Å². The minimum atomic E-state index is -0.0727. The predicted molar refractivity (Wildman–Crippen MR) is 123 cm³/mol. The first-order valence-electron chi connectivity index (χ1n) is 9.98. The molecule has 1 saturated heterocycles. The van der Waals surface area contributed by atoms with E-state index in [0.29, 0.717) is 58.7 Å². The van der Waals surface area contributed by atoms with Crippen molar-refractivity contribution < 1.29 is 14.6 Å². The Morgan fingerprint density at radius 2 is 2.13 bits per heavy atom. The maximum Gasteiger partial charge on any atom is 0.246 e. The number of phenols is 1. The summed E-state index contributed by atoms with van der Waals surface area (Å²) in [5, 5.41) is 11.3. The Morgan fingerprint density at radius 3 is 2.84 bits per heavy atom. The molecule has 2 heterocycles. The van der Waals surface area contributed by atoms with E-state index in [2.05, 4.69) is 23.3 Å². The molecule has 0 radical (unpaired) electrons. The minimum absolute atomic E-state index is 0.0260. The first-order chi connectivity index (χ1) is 14.9. The van der Waals surface area contributed by atoms with Gasteiger partial charge >= 0.3 is 0 Å². The third-order valence-electron chi connectivity index (χ3n) is 5.68. The second-order valence-electron chi connectivity index (χ2n) is 7.53. The zero-order valence-corrected chi connectivity index (χ0v) is 18.6. The molecular formula is C24H22Cl2N2O3. The molecular weight excluding hydrogens is 435 g/mol. The number of piperazine rings is 1. The lowest BCUT2D eigenvalue weighted by molar-refractivity contribution is -0.129. The Kier molecular flexibility index (Phi) is 6.15. The molecule has 31 heavy (non-hydrogen) atoms. The highest BCUT2D eigenvalue weighted by Gasteiger charge is 2.34. The molecule has 0 bridgehead atoms. The van der Waals surface area contributed by atoms with Crippen LogP contribution in [0.2, 0.25) is 10.0 Å². The zero-order valence-electron chi connectivity index (χ0n) is 17.1. The van der Waals surface area contributed by atoms with E-state index in [0.717, 1.165) is 12.1 Å². The molecule has 1 atom stereocenters. The van der Waals surface area contributed by atoms with Crippen LogP contribution in [0.1, 0.15) is 18.1 Å². The largest absolute Gasteiger partial charge is 0.507 e. The molecule has 2 aliphatic rings. The molecule has 5 nitrogen and oxygen atoms in total. The van der Waals surface area contributed by atoms with Gasteiger partial charge in [-0.25, -0.2) is 0 Å². The van der Waals surface area contributed by atoms with Crippen molar-refractivity contribution in [2.75, 3.05) is 26.2 Å². The smallest absolute Gasteiger partial charge is 0.246 e. The molecule has 0 unspecified atom stereocenters. The van der Waals surface area contributed by atoms with E-state index < -0.39 is 0 Å². The summed E-state index contributed by atoms with van der Waals surface area (Å²) in [6.45, 7) is 8.28. The third kappa shape index (κ3) is 3.99. The third-order valence-corrected chi connectivity index (χ3v) is 6.36. The summed E-state index contributed by atoms with van der Waals surface area (Å²) in [4.78, 5) is 16.1. The van der Waals surface area contributed by atoms with Crippen LogP contribution in [-0.2, 0) is 11.3 Å². The maximum atomic E-state index is 12.1. The van der Waals surface area contributed by atoms with E-state index in [4.69, 9.17) is 27.9 Å². The van der Waals surface area contributed by atoms with E-state index >= 15 is 0 Å². The Bertz CT molecular complexity index is 1100. The van der Waals surface area contributed by atoms with E-state index in [1.54, 1.807) is 30.0 Å². The normalized spacial score (nSPS) is 18.0.